The highest BCUT2D eigenvalue weighted by molar-refractivity contribution is 5.87. The molecule has 3 aromatic heterocycles. The van der Waals surface area contributed by atoms with E-state index in [0.717, 1.165) is 69.2 Å². The number of hydrogen-bond acceptors (Lipinski definition) is 4. The van der Waals surface area contributed by atoms with Crippen molar-refractivity contribution >= 4 is 17.1 Å². The molecule has 2 aliphatic rings. The van der Waals surface area contributed by atoms with Gasteiger partial charge in [-0.05, 0) is 72.2 Å². The number of hydrogen-bond donors (Lipinski definition) is 2. The van der Waals surface area contributed by atoms with Gasteiger partial charge in [-0.3, -0.25) is 4.98 Å². The number of pyridine rings is 2. The molecule has 6 rings (SSSR count). The lowest BCUT2D eigenvalue weighted by molar-refractivity contribution is 0.107. The molecule has 2 N–H and O–H groups in total. The van der Waals surface area contributed by atoms with E-state index >= 15 is 0 Å². The lowest BCUT2D eigenvalue weighted by Crippen LogP contribution is -2.30. The quantitative estimate of drug-likeness (QED) is 0.386. The molecule has 1 amide bonds. The van der Waals surface area contributed by atoms with Crippen molar-refractivity contribution in [3.63, 3.8) is 0 Å². The van der Waals surface area contributed by atoms with Gasteiger partial charge in [-0.2, -0.15) is 0 Å². The maximum atomic E-state index is 11.9. The number of nitrogens with zero attached hydrogens (tertiary/aromatic N) is 3. The topological polar surface area (TPSA) is 91.3 Å². The van der Waals surface area contributed by atoms with E-state index in [1.807, 2.05) is 25.4 Å². The van der Waals surface area contributed by atoms with Crippen molar-refractivity contribution in [3.8, 4) is 23.0 Å². The Balaban J connectivity index is 1.44. The standard InChI is InChI=1S/C29H26N4O3/c1-18-6-8-30-14-20(18)4-5-21-15-31-28-24(21)13-23(16-32-28)22-11-19-7-10-36-17-26(19)25(12-22)27-3-2-9-33(27)29(34)35/h6,8,11-16,27H,2-3,7,9-10,17H2,1H3,(H,31,32)(H,34,35). The third-order valence-electron chi connectivity index (χ3n) is 7.23. The lowest BCUT2D eigenvalue weighted by atomic mass is 9.88. The number of ether oxygens (including phenoxy) is 1. The number of aromatic amines is 1. The molecule has 5 heterocycles. The molecule has 36 heavy (non-hydrogen) atoms. The molecule has 1 saturated heterocycles. The van der Waals surface area contributed by atoms with E-state index < -0.39 is 6.09 Å². The van der Waals surface area contributed by atoms with Gasteiger partial charge >= 0.3 is 6.09 Å². The van der Waals surface area contributed by atoms with Crippen LogP contribution in [0.3, 0.4) is 0 Å². The van der Waals surface area contributed by atoms with Gasteiger partial charge in [0, 0.05) is 47.8 Å². The molecule has 1 unspecified atom stereocenters. The predicted octanol–water partition coefficient (Wildman–Crippen LogP) is 5.22. The third kappa shape index (κ3) is 4.00. The number of carbonyl (C=O) groups is 1. The molecule has 7 heteroatoms. The van der Waals surface area contributed by atoms with E-state index in [4.69, 9.17) is 4.74 Å². The van der Waals surface area contributed by atoms with Gasteiger partial charge in [0.1, 0.15) is 5.65 Å². The van der Waals surface area contributed by atoms with Crippen molar-refractivity contribution in [3.05, 3.63) is 82.4 Å². The number of carboxylic acid groups (broad SMARTS) is 1. The van der Waals surface area contributed by atoms with E-state index in [2.05, 4.69) is 45.0 Å². The summed E-state index contributed by atoms with van der Waals surface area (Å²) in [6, 6.07) is 8.27. The molecule has 4 aromatic rings. The molecule has 1 atom stereocenters. The summed E-state index contributed by atoms with van der Waals surface area (Å²) in [6.07, 6.45) is 8.95. The van der Waals surface area contributed by atoms with Gasteiger partial charge in [0.05, 0.1) is 24.8 Å². The summed E-state index contributed by atoms with van der Waals surface area (Å²) in [5.41, 5.74) is 9.10. The van der Waals surface area contributed by atoms with Crippen molar-refractivity contribution in [2.75, 3.05) is 13.2 Å². The van der Waals surface area contributed by atoms with E-state index in [-0.39, 0.29) is 6.04 Å². The summed E-state index contributed by atoms with van der Waals surface area (Å²) in [5, 5.41) is 10.7. The normalized spacial score (nSPS) is 17.0. The van der Waals surface area contributed by atoms with Crippen molar-refractivity contribution in [1.82, 2.24) is 19.9 Å². The molecule has 0 radical (unpaired) electrons. The first-order valence-corrected chi connectivity index (χ1v) is 12.2. The number of likely N-dealkylation sites (tertiary alicyclic amines) is 1. The SMILES string of the molecule is Cc1ccncc1C#Cc1c[nH]c2ncc(-c3cc4c(c(C5CCCN5C(=O)O)c3)COCC4)cc12. The van der Waals surface area contributed by atoms with Gasteiger partial charge in [-0.1, -0.05) is 17.9 Å². The van der Waals surface area contributed by atoms with Crippen molar-refractivity contribution < 1.29 is 14.6 Å². The Bertz CT molecular complexity index is 1550. The van der Waals surface area contributed by atoms with Gasteiger partial charge in [-0.25, -0.2) is 9.78 Å². The molecular formula is C29H26N4O3. The number of rotatable bonds is 2. The number of fused-ring (bicyclic) bond motifs is 2. The number of nitrogens with one attached hydrogen (secondary N) is 1. The molecule has 0 aliphatic carbocycles. The minimum Gasteiger partial charge on any atom is -0.465 e. The van der Waals surface area contributed by atoms with Crippen molar-refractivity contribution in [2.45, 2.75) is 38.8 Å². The smallest absolute Gasteiger partial charge is 0.407 e. The Hall–Kier alpha value is -4.15. The number of H-pyrrole nitrogens is 1. The average Bonchev–Trinajstić information content (AvgIpc) is 3.55. The second kappa shape index (κ2) is 9.14. The summed E-state index contributed by atoms with van der Waals surface area (Å²) in [5.74, 6) is 6.51. The minimum absolute atomic E-state index is 0.147. The molecule has 7 nitrogen and oxygen atoms in total. The second-order valence-electron chi connectivity index (χ2n) is 9.40. The molecule has 0 bridgehead atoms. The minimum atomic E-state index is -0.865. The Morgan fingerprint density at radius 3 is 2.94 bits per heavy atom. The Labute approximate surface area is 209 Å². The van der Waals surface area contributed by atoms with Gasteiger partial charge in [0.2, 0.25) is 0 Å². The highest BCUT2D eigenvalue weighted by Gasteiger charge is 2.33. The van der Waals surface area contributed by atoms with Crippen LogP contribution < -0.4 is 0 Å². The van der Waals surface area contributed by atoms with E-state index in [1.165, 1.54) is 5.56 Å². The Morgan fingerprint density at radius 2 is 2.08 bits per heavy atom. The van der Waals surface area contributed by atoms with Crippen LogP contribution >= 0.6 is 0 Å². The summed E-state index contributed by atoms with van der Waals surface area (Å²) in [4.78, 5) is 25.6. The molecule has 180 valence electrons. The largest absolute Gasteiger partial charge is 0.465 e. The van der Waals surface area contributed by atoms with Crippen LogP contribution in [-0.2, 0) is 17.8 Å². The molecular weight excluding hydrogens is 452 g/mol. The number of aromatic nitrogens is 3. The van der Waals surface area contributed by atoms with Crippen LogP contribution in [0.2, 0.25) is 0 Å². The van der Waals surface area contributed by atoms with Crippen LogP contribution in [0.15, 0.2) is 49.1 Å². The maximum absolute atomic E-state index is 11.9. The highest BCUT2D eigenvalue weighted by Crippen LogP contribution is 2.39. The molecule has 2 aliphatic heterocycles. The van der Waals surface area contributed by atoms with Crippen LogP contribution in [0.4, 0.5) is 4.79 Å². The third-order valence-corrected chi connectivity index (χ3v) is 7.23. The first-order chi connectivity index (χ1) is 17.6. The Kier molecular flexibility index (Phi) is 5.67. The fourth-order valence-corrected chi connectivity index (χ4v) is 5.29. The molecule has 1 fully saturated rings. The van der Waals surface area contributed by atoms with E-state index in [9.17, 15) is 9.90 Å². The molecule has 0 saturated carbocycles. The monoisotopic (exact) mass is 478 g/mol. The van der Waals surface area contributed by atoms with Crippen molar-refractivity contribution in [2.24, 2.45) is 0 Å². The van der Waals surface area contributed by atoms with Gasteiger partial charge in [-0.15, -0.1) is 0 Å². The van der Waals surface area contributed by atoms with Crippen LogP contribution in [0.5, 0.6) is 0 Å². The summed E-state index contributed by atoms with van der Waals surface area (Å²) >= 11 is 0. The van der Waals surface area contributed by atoms with Crippen LogP contribution in [0.25, 0.3) is 22.2 Å². The van der Waals surface area contributed by atoms with Gasteiger partial charge in [0.25, 0.3) is 0 Å². The molecule has 0 spiro atoms. The maximum Gasteiger partial charge on any atom is 0.407 e. The number of amides is 1. The number of benzene rings is 1. The summed E-state index contributed by atoms with van der Waals surface area (Å²) in [7, 11) is 0. The van der Waals surface area contributed by atoms with Crippen molar-refractivity contribution in [1.29, 1.82) is 0 Å². The van der Waals surface area contributed by atoms with Gasteiger partial charge < -0.3 is 19.7 Å². The van der Waals surface area contributed by atoms with Crippen LogP contribution in [0, 0.1) is 18.8 Å². The summed E-state index contributed by atoms with van der Waals surface area (Å²) < 4.78 is 5.77. The fourth-order valence-electron chi connectivity index (χ4n) is 5.29. The number of aryl methyl sites for hydroxylation is 1. The van der Waals surface area contributed by atoms with E-state index in [0.29, 0.717) is 19.8 Å². The van der Waals surface area contributed by atoms with Crippen LogP contribution in [-0.4, -0.2) is 44.2 Å². The highest BCUT2D eigenvalue weighted by atomic mass is 16.5. The summed E-state index contributed by atoms with van der Waals surface area (Å²) in [6.45, 7) is 3.79. The van der Waals surface area contributed by atoms with Gasteiger partial charge in [0.15, 0.2) is 0 Å². The Morgan fingerprint density at radius 1 is 1.19 bits per heavy atom. The first kappa shape index (κ1) is 22.3. The van der Waals surface area contributed by atoms with Crippen LogP contribution in [0.1, 0.15) is 52.3 Å². The lowest BCUT2D eigenvalue weighted by Gasteiger charge is -2.28. The zero-order valence-electron chi connectivity index (χ0n) is 20.0. The zero-order valence-corrected chi connectivity index (χ0v) is 20.0. The molecule has 1 aromatic carbocycles. The second-order valence-corrected chi connectivity index (χ2v) is 9.40. The zero-order chi connectivity index (χ0) is 24.6. The van der Waals surface area contributed by atoms with E-state index in [1.54, 1.807) is 17.3 Å². The predicted molar refractivity (Wildman–Crippen MR) is 137 cm³/mol. The fraction of sp³-hybridized carbons (Fsp3) is 0.276. The first-order valence-electron chi connectivity index (χ1n) is 12.2. The average molecular weight is 479 g/mol.